The van der Waals surface area contributed by atoms with E-state index in [4.69, 9.17) is 11.6 Å². The Kier molecular flexibility index (Phi) is 3.28. The van der Waals surface area contributed by atoms with Gasteiger partial charge in [0.2, 0.25) is 0 Å². The Morgan fingerprint density at radius 2 is 2.15 bits per heavy atom. The molecule has 0 heterocycles. The minimum atomic E-state index is -0.298. The molecule has 0 aromatic heterocycles. The van der Waals surface area contributed by atoms with Gasteiger partial charge in [-0.15, -0.1) is 0 Å². The zero-order valence-electron chi connectivity index (χ0n) is 7.43. The van der Waals surface area contributed by atoms with Crippen molar-refractivity contribution < 1.29 is 9.63 Å². The lowest BCUT2D eigenvalue weighted by molar-refractivity contribution is 0.0537. The molecule has 3 nitrogen and oxygen atoms in total. The minimum Gasteiger partial charge on any atom is -0.277 e. The van der Waals surface area contributed by atoms with Crippen molar-refractivity contribution in [1.82, 2.24) is 5.48 Å². The van der Waals surface area contributed by atoms with Gasteiger partial charge in [-0.25, -0.2) is 5.48 Å². The Balaban J connectivity index is 2.94. The van der Waals surface area contributed by atoms with Crippen LogP contribution in [0.5, 0.6) is 0 Å². The van der Waals surface area contributed by atoms with E-state index in [1.54, 1.807) is 18.2 Å². The molecule has 0 fully saturated rings. The van der Waals surface area contributed by atoms with Crippen LogP contribution >= 0.6 is 11.6 Å². The van der Waals surface area contributed by atoms with E-state index in [1.807, 2.05) is 6.92 Å². The van der Waals surface area contributed by atoms with Gasteiger partial charge in [0.05, 0.1) is 7.11 Å². The van der Waals surface area contributed by atoms with Crippen LogP contribution in [0.15, 0.2) is 18.2 Å². The first-order valence-corrected chi connectivity index (χ1v) is 4.12. The van der Waals surface area contributed by atoms with Crippen LogP contribution in [0.3, 0.4) is 0 Å². The molecule has 70 valence electrons. The number of halogens is 1. The van der Waals surface area contributed by atoms with E-state index < -0.39 is 0 Å². The SMILES string of the molecule is CONC(=O)c1cc(C)cc(Cl)c1. The van der Waals surface area contributed by atoms with E-state index >= 15 is 0 Å². The van der Waals surface area contributed by atoms with Crippen molar-refractivity contribution >= 4 is 17.5 Å². The van der Waals surface area contributed by atoms with Gasteiger partial charge in [0.15, 0.2) is 0 Å². The largest absolute Gasteiger partial charge is 0.277 e. The Hall–Kier alpha value is -1.06. The molecule has 0 saturated carbocycles. The van der Waals surface area contributed by atoms with Crippen LogP contribution in [0.1, 0.15) is 15.9 Å². The van der Waals surface area contributed by atoms with Crippen molar-refractivity contribution in [2.45, 2.75) is 6.92 Å². The lowest BCUT2D eigenvalue weighted by Crippen LogP contribution is -2.21. The van der Waals surface area contributed by atoms with Gasteiger partial charge in [-0.3, -0.25) is 9.63 Å². The fourth-order valence-corrected chi connectivity index (χ4v) is 1.31. The maximum absolute atomic E-state index is 11.3. The van der Waals surface area contributed by atoms with E-state index in [0.29, 0.717) is 10.6 Å². The molecule has 0 radical (unpaired) electrons. The maximum Gasteiger partial charge on any atom is 0.274 e. The maximum atomic E-state index is 11.3. The Labute approximate surface area is 81.6 Å². The molecule has 0 aliphatic carbocycles. The molecule has 1 aromatic carbocycles. The van der Waals surface area contributed by atoms with Crippen molar-refractivity contribution in [3.63, 3.8) is 0 Å². The number of carbonyl (C=O) groups excluding carboxylic acids is 1. The summed E-state index contributed by atoms with van der Waals surface area (Å²) < 4.78 is 0. The van der Waals surface area contributed by atoms with Gasteiger partial charge in [-0.1, -0.05) is 11.6 Å². The molecule has 1 rings (SSSR count). The molecule has 0 aliphatic heterocycles. The average molecular weight is 200 g/mol. The molecule has 0 unspecified atom stereocenters. The summed E-state index contributed by atoms with van der Waals surface area (Å²) in [5, 5.41) is 0.543. The predicted molar refractivity (Wildman–Crippen MR) is 50.7 cm³/mol. The fourth-order valence-electron chi connectivity index (χ4n) is 1.02. The molecule has 1 aromatic rings. The summed E-state index contributed by atoms with van der Waals surface area (Å²) in [5.41, 5.74) is 3.65. The van der Waals surface area contributed by atoms with Crippen molar-refractivity contribution in [2.75, 3.05) is 7.11 Å². The second-order valence-corrected chi connectivity index (χ2v) is 3.09. The number of carbonyl (C=O) groups is 1. The number of aryl methyl sites for hydroxylation is 1. The van der Waals surface area contributed by atoms with E-state index in [0.717, 1.165) is 5.56 Å². The average Bonchev–Trinajstić information content (AvgIpc) is 2.03. The lowest BCUT2D eigenvalue weighted by Gasteiger charge is -2.03. The van der Waals surface area contributed by atoms with Gasteiger partial charge in [-0.2, -0.15) is 0 Å². The van der Waals surface area contributed by atoms with Crippen LogP contribution in [-0.2, 0) is 4.84 Å². The van der Waals surface area contributed by atoms with Gasteiger partial charge in [0.1, 0.15) is 0 Å². The summed E-state index contributed by atoms with van der Waals surface area (Å²) in [7, 11) is 1.38. The highest BCUT2D eigenvalue weighted by Gasteiger charge is 2.05. The molecule has 0 bridgehead atoms. The van der Waals surface area contributed by atoms with Gasteiger partial charge in [0.25, 0.3) is 5.91 Å². The van der Waals surface area contributed by atoms with Crippen LogP contribution in [0.2, 0.25) is 5.02 Å². The minimum absolute atomic E-state index is 0.298. The molecular formula is C9H10ClNO2. The summed E-state index contributed by atoms with van der Waals surface area (Å²) in [5.74, 6) is -0.298. The third-order valence-electron chi connectivity index (χ3n) is 1.50. The first kappa shape index (κ1) is 10.0. The highest BCUT2D eigenvalue weighted by molar-refractivity contribution is 6.31. The normalized spacial score (nSPS) is 9.77. The number of nitrogens with one attached hydrogen (secondary N) is 1. The first-order valence-electron chi connectivity index (χ1n) is 3.74. The molecule has 0 saturated heterocycles. The summed E-state index contributed by atoms with van der Waals surface area (Å²) in [6, 6.07) is 5.11. The predicted octanol–water partition coefficient (Wildman–Crippen LogP) is 1.94. The number of amides is 1. The third-order valence-corrected chi connectivity index (χ3v) is 1.72. The Morgan fingerprint density at radius 3 is 2.69 bits per heavy atom. The van der Waals surface area contributed by atoms with Crippen LogP contribution in [0.4, 0.5) is 0 Å². The molecule has 0 atom stereocenters. The second kappa shape index (κ2) is 4.25. The number of benzene rings is 1. The van der Waals surface area contributed by atoms with Gasteiger partial charge in [-0.05, 0) is 30.7 Å². The number of hydroxylamine groups is 1. The van der Waals surface area contributed by atoms with E-state index in [-0.39, 0.29) is 5.91 Å². The highest BCUT2D eigenvalue weighted by atomic mass is 35.5. The van der Waals surface area contributed by atoms with E-state index in [9.17, 15) is 4.79 Å². The Bertz CT molecular complexity index is 305. The van der Waals surface area contributed by atoms with Crippen LogP contribution in [0.25, 0.3) is 0 Å². The van der Waals surface area contributed by atoms with Gasteiger partial charge >= 0.3 is 0 Å². The molecule has 13 heavy (non-hydrogen) atoms. The summed E-state index contributed by atoms with van der Waals surface area (Å²) in [4.78, 5) is 15.7. The van der Waals surface area contributed by atoms with Crippen LogP contribution < -0.4 is 5.48 Å². The number of hydrogen-bond acceptors (Lipinski definition) is 2. The van der Waals surface area contributed by atoms with Gasteiger partial charge < -0.3 is 0 Å². The number of rotatable bonds is 2. The number of hydrogen-bond donors (Lipinski definition) is 1. The van der Waals surface area contributed by atoms with E-state index in [2.05, 4.69) is 10.3 Å². The van der Waals surface area contributed by atoms with Crippen molar-refractivity contribution in [3.05, 3.63) is 34.3 Å². The lowest BCUT2D eigenvalue weighted by atomic mass is 10.1. The molecule has 1 amide bonds. The third kappa shape index (κ3) is 2.72. The Morgan fingerprint density at radius 1 is 1.46 bits per heavy atom. The highest BCUT2D eigenvalue weighted by Crippen LogP contribution is 2.14. The van der Waals surface area contributed by atoms with Crippen molar-refractivity contribution in [3.8, 4) is 0 Å². The van der Waals surface area contributed by atoms with Crippen LogP contribution in [0, 0.1) is 6.92 Å². The quantitative estimate of drug-likeness (QED) is 0.740. The first-order chi connectivity index (χ1) is 6.13. The molecule has 0 spiro atoms. The second-order valence-electron chi connectivity index (χ2n) is 2.65. The zero-order valence-corrected chi connectivity index (χ0v) is 8.18. The van der Waals surface area contributed by atoms with Crippen molar-refractivity contribution in [1.29, 1.82) is 0 Å². The molecule has 1 N–H and O–H groups in total. The van der Waals surface area contributed by atoms with Gasteiger partial charge in [0, 0.05) is 10.6 Å². The molecule has 0 aliphatic rings. The summed E-state index contributed by atoms with van der Waals surface area (Å²) in [6.07, 6.45) is 0. The van der Waals surface area contributed by atoms with Crippen LogP contribution in [-0.4, -0.2) is 13.0 Å². The molecular weight excluding hydrogens is 190 g/mol. The smallest absolute Gasteiger partial charge is 0.274 e. The topological polar surface area (TPSA) is 38.3 Å². The summed E-state index contributed by atoms with van der Waals surface area (Å²) >= 11 is 5.77. The van der Waals surface area contributed by atoms with E-state index in [1.165, 1.54) is 7.11 Å². The monoisotopic (exact) mass is 199 g/mol. The standard InChI is InChI=1S/C9H10ClNO2/c1-6-3-7(5-8(10)4-6)9(12)11-13-2/h3-5H,1-2H3,(H,11,12). The summed E-state index contributed by atoms with van der Waals surface area (Å²) in [6.45, 7) is 1.87. The van der Waals surface area contributed by atoms with Crippen molar-refractivity contribution in [2.24, 2.45) is 0 Å². The molecule has 4 heteroatoms. The zero-order chi connectivity index (χ0) is 9.84. The fraction of sp³-hybridized carbons (Fsp3) is 0.222.